The summed E-state index contributed by atoms with van der Waals surface area (Å²) in [6, 6.07) is 11.3. The van der Waals surface area contributed by atoms with Gasteiger partial charge in [-0.1, -0.05) is 0 Å². The molecule has 2 heterocycles. The van der Waals surface area contributed by atoms with Crippen molar-refractivity contribution in [1.29, 1.82) is 0 Å². The lowest BCUT2D eigenvalue weighted by atomic mass is 10.1. The van der Waals surface area contributed by atoms with E-state index in [1.165, 1.54) is 7.05 Å². The van der Waals surface area contributed by atoms with Crippen LogP contribution in [-0.4, -0.2) is 21.7 Å². The highest BCUT2D eigenvalue weighted by Crippen LogP contribution is 2.33. The fraction of sp³-hybridized carbons (Fsp3) is 0.143. The van der Waals surface area contributed by atoms with Gasteiger partial charge in [0, 0.05) is 22.4 Å². The van der Waals surface area contributed by atoms with Gasteiger partial charge in [-0.05, 0) is 71.2 Å². The maximum absolute atomic E-state index is 12.3. The van der Waals surface area contributed by atoms with Crippen molar-refractivity contribution in [3.8, 4) is 5.75 Å². The molecule has 0 radical (unpaired) electrons. The summed E-state index contributed by atoms with van der Waals surface area (Å²) in [5, 5.41) is 1.83. The van der Waals surface area contributed by atoms with Crippen molar-refractivity contribution in [1.82, 2.24) is 4.72 Å². The van der Waals surface area contributed by atoms with Gasteiger partial charge in [-0.15, -0.1) is 11.8 Å². The molecular weight excluding hydrogens is 490 g/mol. The summed E-state index contributed by atoms with van der Waals surface area (Å²) in [7, 11) is -2.19. The van der Waals surface area contributed by atoms with Gasteiger partial charge in [0.1, 0.15) is 27.8 Å². The first-order chi connectivity index (χ1) is 14.4. The van der Waals surface area contributed by atoms with E-state index in [9.17, 15) is 8.42 Å². The molecule has 0 aliphatic heterocycles. The summed E-state index contributed by atoms with van der Waals surface area (Å²) in [6.07, 6.45) is 6.55. The predicted molar refractivity (Wildman–Crippen MR) is 124 cm³/mol. The van der Waals surface area contributed by atoms with Crippen molar-refractivity contribution in [2.45, 2.75) is 6.61 Å². The van der Waals surface area contributed by atoms with Crippen LogP contribution in [0.15, 0.2) is 66.5 Å². The van der Waals surface area contributed by atoms with Crippen LogP contribution in [0.3, 0.4) is 0 Å². The molecule has 4 rings (SSSR count). The van der Waals surface area contributed by atoms with E-state index in [0.29, 0.717) is 23.5 Å². The van der Waals surface area contributed by atoms with E-state index in [1.54, 1.807) is 30.9 Å². The molecule has 0 amide bonds. The number of rotatable bonds is 7. The minimum Gasteiger partial charge on any atom is -0.488 e. The fourth-order valence-electron chi connectivity index (χ4n) is 3.06. The van der Waals surface area contributed by atoms with Gasteiger partial charge in [0.05, 0.1) is 17.0 Å². The van der Waals surface area contributed by atoms with Gasteiger partial charge >= 0.3 is 0 Å². The van der Waals surface area contributed by atoms with Gasteiger partial charge in [-0.2, -0.15) is 0 Å². The molecule has 4 aromatic rings. The molecule has 156 valence electrons. The van der Waals surface area contributed by atoms with Gasteiger partial charge in [0.15, 0.2) is 0 Å². The zero-order chi connectivity index (χ0) is 21.3. The third kappa shape index (κ3) is 4.15. The van der Waals surface area contributed by atoms with Crippen LogP contribution in [0.5, 0.6) is 5.75 Å². The Bertz CT molecular complexity index is 1350. The van der Waals surface area contributed by atoms with Crippen LogP contribution in [-0.2, 0) is 16.6 Å². The summed E-state index contributed by atoms with van der Waals surface area (Å²) < 4.78 is 45.0. The number of benzene rings is 2. The topological polar surface area (TPSA) is 81.7 Å². The Hall–Kier alpha value is -2.20. The van der Waals surface area contributed by atoms with Crippen LogP contribution in [0.4, 0.5) is 0 Å². The molecule has 0 fully saturated rings. The van der Waals surface area contributed by atoms with E-state index in [0.717, 1.165) is 38.2 Å². The normalized spacial score (nSPS) is 12.7. The summed E-state index contributed by atoms with van der Waals surface area (Å²) >= 11 is 4.66. The molecule has 30 heavy (non-hydrogen) atoms. The van der Waals surface area contributed by atoms with E-state index in [4.69, 9.17) is 13.6 Å². The smallest absolute Gasteiger partial charge is 0.246 e. The number of halogens is 1. The second kappa shape index (κ2) is 8.50. The molecule has 1 N–H and O–H groups in total. The molecular formula is C21H18BrNO5S2. The van der Waals surface area contributed by atoms with Crippen molar-refractivity contribution in [2.75, 3.05) is 13.3 Å². The molecule has 0 unspecified atom stereocenters. The average molecular weight is 508 g/mol. The lowest BCUT2D eigenvalue weighted by Crippen LogP contribution is -2.18. The number of ether oxygens (including phenoxy) is 1. The van der Waals surface area contributed by atoms with Crippen molar-refractivity contribution in [3.05, 3.63) is 68.8 Å². The van der Waals surface area contributed by atoms with E-state index in [2.05, 4.69) is 20.7 Å². The lowest BCUT2D eigenvalue weighted by molar-refractivity contribution is 0.305. The van der Waals surface area contributed by atoms with Crippen molar-refractivity contribution in [2.24, 2.45) is 0 Å². The van der Waals surface area contributed by atoms with Crippen LogP contribution < -0.4 is 9.46 Å². The molecule has 0 aliphatic rings. The molecule has 0 spiro atoms. The summed E-state index contributed by atoms with van der Waals surface area (Å²) in [5.74, 6) is 0.527. The number of hydrogen-bond donors (Lipinski definition) is 1. The Labute approximate surface area is 186 Å². The second-order valence-electron chi connectivity index (χ2n) is 6.43. The first-order valence-electron chi connectivity index (χ1n) is 8.90. The molecule has 0 saturated heterocycles. The number of furan rings is 2. The zero-order valence-corrected chi connectivity index (χ0v) is 19.4. The molecule has 0 aliphatic carbocycles. The summed E-state index contributed by atoms with van der Waals surface area (Å²) in [4.78, 5) is 0. The van der Waals surface area contributed by atoms with Crippen LogP contribution in [0.25, 0.3) is 28.0 Å². The maximum Gasteiger partial charge on any atom is 0.246 e. The molecule has 9 heteroatoms. The van der Waals surface area contributed by atoms with Gasteiger partial charge in [-0.3, -0.25) is 0 Å². The minimum atomic E-state index is -3.58. The molecule has 0 atom stereocenters. The number of hydrogen-bond acceptors (Lipinski definition) is 6. The highest BCUT2D eigenvalue weighted by Gasteiger charge is 2.17. The minimum absolute atomic E-state index is 0.195. The van der Waals surface area contributed by atoms with E-state index < -0.39 is 10.0 Å². The first-order valence-corrected chi connectivity index (χ1v) is 12.4. The second-order valence-corrected chi connectivity index (χ2v) is 10.2. The summed E-state index contributed by atoms with van der Waals surface area (Å²) in [5.41, 5.74) is 3.03. The zero-order valence-electron chi connectivity index (χ0n) is 16.1. The maximum atomic E-state index is 12.3. The first kappa shape index (κ1) is 21.0. The van der Waals surface area contributed by atoms with Crippen LogP contribution in [0.2, 0.25) is 0 Å². The van der Waals surface area contributed by atoms with E-state index >= 15 is 0 Å². The highest BCUT2D eigenvalue weighted by molar-refractivity contribution is 9.10. The Balaban J connectivity index is 1.72. The third-order valence-electron chi connectivity index (χ3n) is 4.55. The quantitative estimate of drug-likeness (QED) is 0.343. The average Bonchev–Trinajstić information content (AvgIpc) is 3.38. The molecule has 2 aromatic carbocycles. The fourth-order valence-corrected chi connectivity index (χ4v) is 5.53. The summed E-state index contributed by atoms with van der Waals surface area (Å²) in [6.45, 7) is 0.292. The molecule has 6 nitrogen and oxygen atoms in total. The van der Waals surface area contributed by atoms with Gasteiger partial charge < -0.3 is 13.6 Å². The molecule has 0 bridgehead atoms. The van der Waals surface area contributed by atoms with Crippen molar-refractivity contribution < 1.29 is 22.0 Å². The van der Waals surface area contributed by atoms with Crippen LogP contribution in [0.1, 0.15) is 11.1 Å². The van der Waals surface area contributed by atoms with Crippen molar-refractivity contribution >= 4 is 65.7 Å². The number of thioether (sulfide) groups is 1. The Kier molecular flexibility index (Phi) is 5.97. The van der Waals surface area contributed by atoms with Crippen LogP contribution in [0, 0.1) is 0 Å². The SMILES string of the molecule is CNS(=O)(=O)C(=Cc1cc2ccoc2cc1OCc1cc(Br)c2occc2c1)SC. The Morgan fingerprint density at radius 3 is 2.70 bits per heavy atom. The molecule has 2 aromatic heterocycles. The van der Waals surface area contributed by atoms with Gasteiger partial charge in [0.2, 0.25) is 10.0 Å². The lowest BCUT2D eigenvalue weighted by Gasteiger charge is -2.12. The standard InChI is InChI=1S/C21H18BrNO5S2/c1-23-30(24,25)20(29-2)10-16-9-14-3-5-26-18(14)11-19(16)28-12-13-7-15-4-6-27-21(15)17(22)8-13/h3-11,23H,12H2,1-2H3. The van der Waals surface area contributed by atoms with E-state index in [-0.39, 0.29) is 4.24 Å². The Morgan fingerprint density at radius 2 is 1.93 bits per heavy atom. The van der Waals surface area contributed by atoms with Gasteiger partial charge in [-0.25, -0.2) is 13.1 Å². The van der Waals surface area contributed by atoms with Crippen LogP contribution >= 0.6 is 27.7 Å². The predicted octanol–water partition coefficient (Wildman–Crippen LogP) is 5.73. The largest absolute Gasteiger partial charge is 0.488 e. The highest BCUT2D eigenvalue weighted by atomic mass is 79.9. The van der Waals surface area contributed by atoms with Crippen molar-refractivity contribution in [3.63, 3.8) is 0 Å². The number of nitrogens with one attached hydrogen (secondary N) is 1. The van der Waals surface area contributed by atoms with Gasteiger partial charge in [0.25, 0.3) is 0 Å². The Morgan fingerprint density at radius 1 is 1.17 bits per heavy atom. The molecule has 0 saturated carbocycles. The number of sulfonamides is 1. The third-order valence-corrected chi connectivity index (χ3v) is 8.01. The monoisotopic (exact) mass is 507 g/mol. The number of fused-ring (bicyclic) bond motifs is 2. The van der Waals surface area contributed by atoms with E-state index in [1.807, 2.05) is 30.3 Å².